The first-order valence-corrected chi connectivity index (χ1v) is 5.18. The fourth-order valence-corrected chi connectivity index (χ4v) is 1.53. The smallest absolute Gasteiger partial charge is 0.504 e. The highest BCUT2D eigenvalue weighted by Crippen LogP contribution is 2.37. The minimum absolute atomic E-state index is 0.194. The molecule has 0 radical (unpaired) electrons. The zero-order valence-corrected chi connectivity index (χ0v) is 9.79. The molecule has 0 aliphatic carbocycles. The van der Waals surface area contributed by atoms with Crippen LogP contribution in [0.5, 0.6) is 11.5 Å². The topological polar surface area (TPSA) is 55.5 Å². The van der Waals surface area contributed by atoms with Gasteiger partial charge in [-0.3, -0.25) is 0 Å². The summed E-state index contributed by atoms with van der Waals surface area (Å²) in [6.07, 6.45) is -4.49. The maximum absolute atomic E-state index is 12.1. The molecule has 100 valence electrons. The van der Waals surface area contributed by atoms with Gasteiger partial charge in [-0.1, -0.05) is 17.7 Å². The Balaban J connectivity index is 3.01. The van der Waals surface area contributed by atoms with Crippen LogP contribution in [0.15, 0.2) is 30.4 Å². The molecule has 0 fully saturated rings. The van der Waals surface area contributed by atoms with E-state index in [1.807, 2.05) is 0 Å². The van der Waals surface area contributed by atoms with Crippen LogP contribution in [0.4, 0.5) is 13.2 Å². The summed E-state index contributed by atoms with van der Waals surface area (Å²) in [7, 11) is 0. The van der Waals surface area contributed by atoms with Crippen molar-refractivity contribution in [2.75, 3.05) is 0 Å². The molecule has 0 unspecified atom stereocenters. The average Bonchev–Trinajstić information content (AvgIpc) is 2.18. The first-order valence-electron chi connectivity index (χ1n) is 5.18. The Hall–Kier alpha value is -1.69. The second kappa shape index (κ2) is 5.30. The number of halogens is 3. The standard InChI is InChI=1S/C12H14F3NO2/c1-7(2)6-9(16)8-4-3-5-10(11(8)17)18-12(13,14)15/h3-5,9,17H,1,6,16H2,2H3/t9-/m0/s1. The molecule has 1 atom stereocenters. The van der Waals surface area contributed by atoms with Gasteiger partial charge in [0.1, 0.15) is 0 Å². The normalized spacial score (nSPS) is 13.2. The van der Waals surface area contributed by atoms with Crippen molar-refractivity contribution in [2.24, 2.45) is 5.73 Å². The van der Waals surface area contributed by atoms with Crippen LogP contribution < -0.4 is 10.5 Å². The van der Waals surface area contributed by atoms with Crippen LogP contribution in [0.3, 0.4) is 0 Å². The van der Waals surface area contributed by atoms with Gasteiger partial charge in [0, 0.05) is 11.6 Å². The van der Waals surface area contributed by atoms with Crippen molar-refractivity contribution in [3.63, 3.8) is 0 Å². The Kier molecular flexibility index (Phi) is 4.24. The lowest BCUT2D eigenvalue weighted by Crippen LogP contribution is -2.18. The number of aromatic hydroxyl groups is 1. The Morgan fingerprint density at radius 1 is 1.50 bits per heavy atom. The van der Waals surface area contributed by atoms with Crippen molar-refractivity contribution >= 4 is 0 Å². The van der Waals surface area contributed by atoms with E-state index in [2.05, 4.69) is 11.3 Å². The van der Waals surface area contributed by atoms with E-state index in [-0.39, 0.29) is 5.56 Å². The highest BCUT2D eigenvalue weighted by Gasteiger charge is 2.32. The van der Waals surface area contributed by atoms with E-state index in [0.29, 0.717) is 6.42 Å². The van der Waals surface area contributed by atoms with Crippen LogP contribution >= 0.6 is 0 Å². The Labute approximate surface area is 103 Å². The molecule has 0 amide bonds. The van der Waals surface area contributed by atoms with Gasteiger partial charge in [0.2, 0.25) is 0 Å². The minimum atomic E-state index is -4.85. The van der Waals surface area contributed by atoms with Gasteiger partial charge in [0.15, 0.2) is 11.5 Å². The highest BCUT2D eigenvalue weighted by atomic mass is 19.4. The van der Waals surface area contributed by atoms with Crippen LogP contribution in [0.1, 0.15) is 24.9 Å². The van der Waals surface area contributed by atoms with Crippen LogP contribution in [-0.4, -0.2) is 11.5 Å². The molecular weight excluding hydrogens is 247 g/mol. The van der Waals surface area contributed by atoms with E-state index in [1.165, 1.54) is 12.1 Å². The van der Waals surface area contributed by atoms with Gasteiger partial charge < -0.3 is 15.6 Å². The molecule has 0 aliphatic rings. The highest BCUT2D eigenvalue weighted by molar-refractivity contribution is 5.47. The molecule has 1 aromatic carbocycles. The van der Waals surface area contributed by atoms with E-state index < -0.39 is 23.9 Å². The second-order valence-electron chi connectivity index (χ2n) is 4.01. The number of alkyl halides is 3. The Bertz CT molecular complexity index is 443. The number of hydrogen-bond donors (Lipinski definition) is 2. The molecule has 1 rings (SSSR count). The van der Waals surface area contributed by atoms with Crippen LogP contribution in [0.2, 0.25) is 0 Å². The van der Waals surface area contributed by atoms with E-state index in [1.54, 1.807) is 6.92 Å². The number of phenols is 1. The molecule has 3 nitrogen and oxygen atoms in total. The largest absolute Gasteiger partial charge is 0.573 e. The van der Waals surface area contributed by atoms with E-state index in [9.17, 15) is 18.3 Å². The van der Waals surface area contributed by atoms with Gasteiger partial charge in [0.05, 0.1) is 0 Å². The Morgan fingerprint density at radius 2 is 2.11 bits per heavy atom. The number of para-hydroxylation sites is 1. The third-order valence-electron chi connectivity index (χ3n) is 2.22. The number of nitrogens with two attached hydrogens (primary N) is 1. The quantitative estimate of drug-likeness (QED) is 0.818. The van der Waals surface area contributed by atoms with Gasteiger partial charge in [0.25, 0.3) is 0 Å². The summed E-state index contributed by atoms with van der Waals surface area (Å²) in [5.41, 5.74) is 6.73. The van der Waals surface area contributed by atoms with Crippen molar-refractivity contribution in [3.8, 4) is 11.5 Å². The summed E-state index contributed by atoms with van der Waals surface area (Å²) in [5, 5.41) is 9.70. The average molecular weight is 261 g/mol. The van der Waals surface area contributed by atoms with E-state index in [0.717, 1.165) is 11.6 Å². The van der Waals surface area contributed by atoms with Gasteiger partial charge in [-0.15, -0.1) is 19.8 Å². The molecule has 0 spiro atoms. The predicted octanol–water partition coefficient (Wildman–Crippen LogP) is 3.26. The number of benzene rings is 1. The van der Waals surface area contributed by atoms with Crippen molar-refractivity contribution in [3.05, 3.63) is 35.9 Å². The molecule has 18 heavy (non-hydrogen) atoms. The first-order chi connectivity index (χ1) is 8.20. The van der Waals surface area contributed by atoms with E-state index in [4.69, 9.17) is 5.73 Å². The molecule has 0 aromatic heterocycles. The molecule has 3 N–H and O–H groups in total. The zero-order valence-electron chi connectivity index (χ0n) is 9.79. The number of hydrogen-bond acceptors (Lipinski definition) is 3. The maximum atomic E-state index is 12.1. The van der Waals surface area contributed by atoms with Gasteiger partial charge in [-0.25, -0.2) is 0 Å². The summed E-state index contributed by atoms with van der Waals surface area (Å²) in [6, 6.07) is 3.19. The minimum Gasteiger partial charge on any atom is -0.504 e. The molecule has 0 bridgehead atoms. The molecule has 6 heteroatoms. The monoisotopic (exact) mass is 261 g/mol. The summed E-state index contributed by atoms with van der Waals surface area (Å²) in [6.45, 7) is 5.40. The number of phenolic OH excluding ortho intramolecular Hbond substituents is 1. The third-order valence-corrected chi connectivity index (χ3v) is 2.22. The lowest BCUT2D eigenvalue weighted by molar-refractivity contribution is -0.275. The second-order valence-corrected chi connectivity index (χ2v) is 4.01. The van der Waals surface area contributed by atoms with Crippen molar-refractivity contribution in [2.45, 2.75) is 25.7 Å². The molecular formula is C12H14F3NO2. The summed E-state index contributed by atoms with van der Waals surface area (Å²) in [4.78, 5) is 0. The van der Waals surface area contributed by atoms with E-state index >= 15 is 0 Å². The first kappa shape index (κ1) is 14.4. The number of rotatable bonds is 4. The molecule has 0 aliphatic heterocycles. The Morgan fingerprint density at radius 3 is 2.61 bits per heavy atom. The van der Waals surface area contributed by atoms with Gasteiger partial charge in [-0.05, 0) is 19.4 Å². The van der Waals surface area contributed by atoms with Gasteiger partial charge >= 0.3 is 6.36 Å². The molecule has 1 aromatic rings. The number of ether oxygens (including phenoxy) is 1. The van der Waals surface area contributed by atoms with Crippen LogP contribution in [0, 0.1) is 0 Å². The fourth-order valence-electron chi connectivity index (χ4n) is 1.53. The predicted molar refractivity (Wildman–Crippen MR) is 61.1 cm³/mol. The lowest BCUT2D eigenvalue weighted by Gasteiger charge is -2.17. The van der Waals surface area contributed by atoms with Crippen LogP contribution in [0.25, 0.3) is 0 Å². The SMILES string of the molecule is C=C(C)C[C@H](N)c1cccc(OC(F)(F)F)c1O. The summed E-state index contributed by atoms with van der Waals surface area (Å²) >= 11 is 0. The zero-order chi connectivity index (χ0) is 13.9. The summed E-state index contributed by atoms with van der Waals surface area (Å²) < 4.78 is 40.0. The maximum Gasteiger partial charge on any atom is 0.573 e. The van der Waals surface area contributed by atoms with Crippen LogP contribution in [-0.2, 0) is 0 Å². The molecule has 0 heterocycles. The third kappa shape index (κ3) is 3.96. The lowest BCUT2D eigenvalue weighted by atomic mass is 10.00. The van der Waals surface area contributed by atoms with Gasteiger partial charge in [-0.2, -0.15) is 0 Å². The fraction of sp³-hybridized carbons (Fsp3) is 0.333. The van der Waals surface area contributed by atoms with Crippen molar-refractivity contribution in [1.29, 1.82) is 0 Å². The molecule has 0 saturated carbocycles. The van der Waals surface area contributed by atoms with Crippen molar-refractivity contribution < 1.29 is 23.0 Å². The van der Waals surface area contributed by atoms with Crippen molar-refractivity contribution in [1.82, 2.24) is 0 Å². The molecule has 0 saturated heterocycles. The summed E-state index contributed by atoms with van der Waals surface area (Å²) in [5.74, 6) is -1.25.